The molecule has 0 saturated carbocycles. The molecule has 0 radical (unpaired) electrons. The van der Waals surface area contributed by atoms with Crippen LogP contribution in [0.5, 0.6) is 11.5 Å². The van der Waals surface area contributed by atoms with Crippen molar-refractivity contribution < 1.29 is 23.5 Å². The number of hydrogen-bond donors (Lipinski definition) is 0. The van der Waals surface area contributed by atoms with Gasteiger partial charge in [-0.25, -0.2) is 4.39 Å². The fraction of sp³-hybridized carbons (Fsp3) is 0.130. The highest BCUT2D eigenvalue weighted by Gasteiger charge is 2.50. The molecule has 1 unspecified atom stereocenters. The van der Waals surface area contributed by atoms with Crippen LogP contribution in [0.3, 0.4) is 0 Å². The molecule has 0 fully saturated rings. The Morgan fingerprint density at radius 2 is 1.67 bits per heavy atom. The molecule has 7 heteroatoms. The standard InChI is InChI=1S/C23H17FN2O4/c1-29-18-11-10-16-19(20(18)30-2)23(28)26-17-9-4-3-8-15(17)22(27)25(21(16)26)14-7-5-6-13(24)12-14/h3-12,21H,1-2H3. The fourth-order valence-electron chi connectivity index (χ4n) is 4.23. The molecule has 2 heterocycles. The monoisotopic (exact) mass is 404 g/mol. The number of methoxy groups -OCH3 is 2. The van der Waals surface area contributed by atoms with E-state index < -0.39 is 12.0 Å². The topological polar surface area (TPSA) is 59.1 Å². The summed E-state index contributed by atoms with van der Waals surface area (Å²) in [7, 11) is 2.96. The molecule has 0 bridgehead atoms. The Balaban J connectivity index is 1.81. The first-order valence-corrected chi connectivity index (χ1v) is 9.33. The summed E-state index contributed by atoms with van der Waals surface area (Å²) in [4.78, 5) is 30.0. The second kappa shape index (κ2) is 6.59. The van der Waals surface area contributed by atoms with Gasteiger partial charge >= 0.3 is 0 Å². The highest BCUT2D eigenvalue weighted by atomic mass is 19.1. The third-order valence-electron chi connectivity index (χ3n) is 5.48. The molecule has 150 valence electrons. The third kappa shape index (κ3) is 2.35. The lowest BCUT2D eigenvalue weighted by Crippen LogP contribution is -2.48. The largest absolute Gasteiger partial charge is 0.493 e. The summed E-state index contributed by atoms with van der Waals surface area (Å²) in [6, 6.07) is 16.1. The van der Waals surface area contributed by atoms with Crippen LogP contribution < -0.4 is 19.3 Å². The zero-order valence-corrected chi connectivity index (χ0v) is 16.3. The molecule has 2 amide bonds. The average Bonchev–Trinajstić information content (AvgIpc) is 3.06. The number of amides is 2. The second-order valence-corrected chi connectivity index (χ2v) is 6.99. The minimum absolute atomic E-state index is 0.304. The molecule has 0 aromatic heterocycles. The molecule has 3 aromatic carbocycles. The van der Waals surface area contributed by atoms with Crippen LogP contribution in [0.4, 0.5) is 15.8 Å². The summed E-state index contributed by atoms with van der Waals surface area (Å²) in [5.74, 6) is -0.373. The number of nitrogens with zero attached hydrogens (tertiary/aromatic N) is 2. The first-order chi connectivity index (χ1) is 14.6. The van der Waals surface area contributed by atoms with Crippen molar-refractivity contribution in [2.45, 2.75) is 6.17 Å². The SMILES string of the molecule is COc1ccc2c(c1OC)C(=O)N1c3ccccc3C(=O)N(c3cccc(F)c3)C21. The van der Waals surface area contributed by atoms with E-state index in [4.69, 9.17) is 9.47 Å². The Morgan fingerprint density at radius 3 is 2.40 bits per heavy atom. The average molecular weight is 404 g/mol. The lowest BCUT2D eigenvalue weighted by molar-refractivity contribution is 0.0948. The maximum absolute atomic E-state index is 14.0. The first kappa shape index (κ1) is 18.2. The Labute approximate surface area is 172 Å². The van der Waals surface area contributed by atoms with E-state index in [2.05, 4.69) is 0 Å². The Hall–Kier alpha value is -3.87. The van der Waals surface area contributed by atoms with Crippen molar-refractivity contribution in [2.24, 2.45) is 0 Å². The van der Waals surface area contributed by atoms with E-state index in [9.17, 15) is 14.0 Å². The van der Waals surface area contributed by atoms with E-state index >= 15 is 0 Å². The Kier molecular flexibility index (Phi) is 3.99. The number of carbonyl (C=O) groups excluding carboxylic acids is 2. The molecule has 0 spiro atoms. The van der Waals surface area contributed by atoms with Gasteiger partial charge in [-0.1, -0.05) is 24.3 Å². The zero-order chi connectivity index (χ0) is 21.0. The molecule has 0 saturated heterocycles. The van der Waals surface area contributed by atoms with Crippen molar-refractivity contribution in [3.63, 3.8) is 0 Å². The van der Waals surface area contributed by atoms with Crippen molar-refractivity contribution in [1.82, 2.24) is 0 Å². The van der Waals surface area contributed by atoms with E-state index in [-0.39, 0.29) is 11.8 Å². The van der Waals surface area contributed by atoms with Crippen LogP contribution >= 0.6 is 0 Å². The van der Waals surface area contributed by atoms with Gasteiger partial charge in [0.25, 0.3) is 11.8 Å². The van der Waals surface area contributed by atoms with Gasteiger partial charge in [0.05, 0.1) is 31.0 Å². The van der Waals surface area contributed by atoms with E-state index in [0.29, 0.717) is 39.6 Å². The molecule has 0 aliphatic carbocycles. The van der Waals surface area contributed by atoms with Crippen molar-refractivity contribution in [3.05, 3.63) is 83.2 Å². The van der Waals surface area contributed by atoms with Crippen LogP contribution in [0.25, 0.3) is 0 Å². The maximum Gasteiger partial charge on any atom is 0.264 e. The maximum atomic E-state index is 14.0. The predicted octanol–water partition coefficient (Wildman–Crippen LogP) is 4.16. The van der Waals surface area contributed by atoms with Gasteiger partial charge in [-0.3, -0.25) is 19.4 Å². The fourth-order valence-corrected chi connectivity index (χ4v) is 4.23. The van der Waals surface area contributed by atoms with Crippen LogP contribution in [0.15, 0.2) is 60.7 Å². The zero-order valence-electron chi connectivity index (χ0n) is 16.3. The molecular formula is C23H17FN2O4. The molecule has 6 nitrogen and oxygen atoms in total. The number of anilines is 2. The van der Waals surface area contributed by atoms with E-state index in [1.165, 1.54) is 37.3 Å². The number of carbonyl (C=O) groups is 2. The molecule has 30 heavy (non-hydrogen) atoms. The summed E-state index contributed by atoms with van der Waals surface area (Å²) in [6.07, 6.45) is -0.767. The molecule has 5 rings (SSSR count). The van der Waals surface area contributed by atoms with Gasteiger partial charge in [0.1, 0.15) is 12.0 Å². The normalized spacial score (nSPS) is 16.8. The number of para-hydroxylation sites is 1. The molecular weight excluding hydrogens is 387 g/mol. The quantitative estimate of drug-likeness (QED) is 0.658. The van der Waals surface area contributed by atoms with Gasteiger partial charge in [-0.2, -0.15) is 0 Å². The van der Waals surface area contributed by atoms with Crippen LogP contribution in [-0.4, -0.2) is 26.0 Å². The summed E-state index contributed by atoms with van der Waals surface area (Å²) in [6.45, 7) is 0. The summed E-state index contributed by atoms with van der Waals surface area (Å²) in [5, 5.41) is 0. The Morgan fingerprint density at radius 1 is 0.867 bits per heavy atom. The van der Waals surface area contributed by atoms with Gasteiger partial charge in [0, 0.05) is 11.3 Å². The van der Waals surface area contributed by atoms with E-state index in [1.54, 1.807) is 47.4 Å². The van der Waals surface area contributed by atoms with Crippen molar-refractivity contribution >= 4 is 23.2 Å². The van der Waals surface area contributed by atoms with Crippen LogP contribution in [0.1, 0.15) is 32.4 Å². The number of rotatable bonds is 3. The number of fused-ring (bicyclic) bond motifs is 5. The molecule has 2 aliphatic heterocycles. The van der Waals surface area contributed by atoms with Crippen molar-refractivity contribution in [1.29, 1.82) is 0 Å². The van der Waals surface area contributed by atoms with Crippen molar-refractivity contribution in [2.75, 3.05) is 24.0 Å². The summed E-state index contributed by atoms with van der Waals surface area (Å²) < 4.78 is 24.9. The minimum Gasteiger partial charge on any atom is -0.493 e. The highest BCUT2D eigenvalue weighted by Crippen LogP contribution is 2.50. The van der Waals surface area contributed by atoms with Crippen molar-refractivity contribution in [3.8, 4) is 11.5 Å². The number of ether oxygens (including phenoxy) is 2. The van der Waals surface area contributed by atoms with Gasteiger partial charge < -0.3 is 9.47 Å². The molecule has 1 atom stereocenters. The molecule has 2 aliphatic rings. The van der Waals surface area contributed by atoms with Crippen LogP contribution in [-0.2, 0) is 0 Å². The number of hydrogen-bond acceptors (Lipinski definition) is 4. The highest BCUT2D eigenvalue weighted by molar-refractivity contribution is 6.22. The van der Waals surface area contributed by atoms with Gasteiger partial charge in [0.15, 0.2) is 11.5 Å². The van der Waals surface area contributed by atoms with Gasteiger partial charge in [-0.05, 0) is 36.4 Å². The summed E-state index contributed by atoms with van der Waals surface area (Å²) in [5.41, 5.74) is 2.14. The van der Waals surface area contributed by atoms with Gasteiger partial charge in [0.2, 0.25) is 0 Å². The van der Waals surface area contributed by atoms with E-state index in [1.807, 2.05) is 0 Å². The molecule has 0 N–H and O–H groups in total. The lowest BCUT2D eigenvalue weighted by atomic mass is 10.0. The molecule has 3 aromatic rings. The Bertz CT molecular complexity index is 1210. The smallest absolute Gasteiger partial charge is 0.264 e. The minimum atomic E-state index is -0.767. The van der Waals surface area contributed by atoms with Crippen LogP contribution in [0, 0.1) is 5.82 Å². The van der Waals surface area contributed by atoms with E-state index in [0.717, 1.165) is 0 Å². The number of benzene rings is 3. The first-order valence-electron chi connectivity index (χ1n) is 9.33. The number of halogens is 1. The second-order valence-electron chi connectivity index (χ2n) is 6.99. The predicted molar refractivity (Wildman–Crippen MR) is 109 cm³/mol. The third-order valence-corrected chi connectivity index (χ3v) is 5.48. The summed E-state index contributed by atoms with van der Waals surface area (Å²) >= 11 is 0. The lowest BCUT2D eigenvalue weighted by Gasteiger charge is -2.40. The van der Waals surface area contributed by atoms with Gasteiger partial charge in [-0.15, -0.1) is 0 Å². The van der Waals surface area contributed by atoms with Crippen LogP contribution in [0.2, 0.25) is 0 Å².